The van der Waals surface area contributed by atoms with E-state index in [1.807, 2.05) is 41.4 Å². The number of benzene rings is 3. The largest absolute Gasteiger partial charge is 0.508 e. The lowest BCUT2D eigenvalue weighted by atomic mass is 9.95. The summed E-state index contributed by atoms with van der Waals surface area (Å²) >= 11 is 6.14. The van der Waals surface area contributed by atoms with E-state index >= 15 is 0 Å². The van der Waals surface area contributed by atoms with Crippen molar-refractivity contribution in [1.29, 1.82) is 0 Å². The Bertz CT molecular complexity index is 1080. The zero-order valence-corrected chi connectivity index (χ0v) is 15.5. The molecule has 3 aromatic carbocycles. The van der Waals surface area contributed by atoms with Gasteiger partial charge in [0.15, 0.2) is 0 Å². The Morgan fingerprint density at radius 3 is 2.61 bits per heavy atom. The molecular weight excluding hydrogens is 376 g/mol. The molecule has 0 spiro atoms. The summed E-state index contributed by atoms with van der Waals surface area (Å²) in [6.07, 6.45) is 0.197. The van der Waals surface area contributed by atoms with Crippen molar-refractivity contribution in [2.45, 2.75) is 18.7 Å². The molecule has 0 fully saturated rings. The van der Waals surface area contributed by atoms with Crippen molar-refractivity contribution in [3.05, 3.63) is 88.4 Å². The quantitative estimate of drug-likeness (QED) is 0.644. The second kappa shape index (κ2) is 6.46. The number of phenolic OH excluding ortho intramolecular Hbond substituents is 2. The van der Waals surface area contributed by atoms with Crippen LogP contribution in [0.4, 0.5) is 0 Å². The van der Waals surface area contributed by atoms with Crippen molar-refractivity contribution in [2.24, 2.45) is 5.10 Å². The van der Waals surface area contributed by atoms with Crippen LogP contribution in [0, 0.1) is 0 Å². The van der Waals surface area contributed by atoms with Gasteiger partial charge >= 0.3 is 0 Å². The third-order valence-corrected chi connectivity index (χ3v) is 5.38. The average molecular weight is 393 g/mol. The van der Waals surface area contributed by atoms with E-state index in [-0.39, 0.29) is 17.5 Å². The number of rotatable bonds is 2. The number of fused-ring (bicyclic) bond motifs is 3. The Balaban J connectivity index is 1.61. The number of aromatic hydroxyl groups is 2. The Labute approximate surface area is 167 Å². The summed E-state index contributed by atoms with van der Waals surface area (Å²) < 4.78 is 6.26. The van der Waals surface area contributed by atoms with Crippen LogP contribution < -0.4 is 4.74 Å². The molecule has 28 heavy (non-hydrogen) atoms. The summed E-state index contributed by atoms with van der Waals surface area (Å²) in [6.45, 7) is 0. The first-order valence-electron chi connectivity index (χ1n) is 8.99. The fourth-order valence-electron chi connectivity index (χ4n) is 3.80. The molecule has 5 rings (SSSR count). The third kappa shape index (κ3) is 2.75. The molecule has 0 amide bonds. The van der Waals surface area contributed by atoms with Crippen molar-refractivity contribution in [3.8, 4) is 17.2 Å². The van der Waals surface area contributed by atoms with Gasteiger partial charge in [0, 0.05) is 28.1 Å². The lowest BCUT2D eigenvalue weighted by Crippen LogP contribution is -2.33. The van der Waals surface area contributed by atoms with Gasteiger partial charge in [0.25, 0.3) is 0 Å². The van der Waals surface area contributed by atoms with Gasteiger partial charge < -0.3 is 14.9 Å². The third-order valence-electron chi connectivity index (χ3n) is 5.15. The second-order valence-corrected chi connectivity index (χ2v) is 7.34. The van der Waals surface area contributed by atoms with Gasteiger partial charge in [0.1, 0.15) is 17.2 Å². The van der Waals surface area contributed by atoms with Crippen molar-refractivity contribution < 1.29 is 14.9 Å². The maximum Gasteiger partial charge on any atom is 0.213 e. The number of ether oxygens (including phenoxy) is 1. The van der Waals surface area contributed by atoms with E-state index in [0.717, 1.165) is 22.6 Å². The summed E-state index contributed by atoms with van der Waals surface area (Å²) in [5, 5.41) is 27.2. The zero-order valence-electron chi connectivity index (χ0n) is 14.8. The van der Waals surface area contributed by atoms with Crippen molar-refractivity contribution in [3.63, 3.8) is 0 Å². The number of nitrogens with zero attached hydrogens (tertiary/aromatic N) is 2. The molecule has 2 heterocycles. The number of hydrogen-bond donors (Lipinski definition) is 2. The first kappa shape index (κ1) is 17.0. The molecule has 2 N–H and O–H groups in total. The van der Waals surface area contributed by atoms with Crippen LogP contribution in [0.5, 0.6) is 17.2 Å². The molecule has 3 aromatic rings. The van der Waals surface area contributed by atoms with Crippen LogP contribution in [0.1, 0.15) is 35.4 Å². The molecule has 2 aliphatic heterocycles. The monoisotopic (exact) mass is 392 g/mol. The molecule has 6 heteroatoms. The van der Waals surface area contributed by atoms with E-state index in [4.69, 9.17) is 21.4 Å². The van der Waals surface area contributed by atoms with E-state index in [2.05, 4.69) is 0 Å². The first-order valence-corrected chi connectivity index (χ1v) is 9.37. The van der Waals surface area contributed by atoms with Crippen molar-refractivity contribution in [2.75, 3.05) is 0 Å². The molecule has 0 saturated carbocycles. The lowest BCUT2D eigenvalue weighted by Gasteiger charge is -2.38. The lowest BCUT2D eigenvalue weighted by molar-refractivity contribution is -0.0190. The standard InChI is InChI=1S/C22H17ClN2O3/c23-14-7-10-20(27)17(11-14)18-12-19-16-3-1-2-4-21(16)28-22(25(19)24-18)13-5-8-15(26)9-6-13/h1-11,19,22,26-27H,12H2. The minimum Gasteiger partial charge on any atom is -0.508 e. The molecule has 0 radical (unpaired) electrons. The van der Waals surface area contributed by atoms with Gasteiger partial charge in [-0.3, -0.25) is 0 Å². The van der Waals surface area contributed by atoms with Crippen LogP contribution in [0.2, 0.25) is 5.02 Å². The molecular formula is C22H17ClN2O3. The van der Waals surface area contributed by atoms with E-state index in [1.54, 1.807) is 30.3 Å². The van der Waals surface area contributed by atoms with E-state index in [0.29, 0.717) is 17.0 Å². The number of phenols is 2. The summed E-state index contributed by atoms with van der Waals surface area (Å²) in [4.78, 5) is 0. The average Bonchev–Trinajstić information content (AvgIpc) is 3.15. The molecule has 2 aliphatic rings. The smallest absolute Gasteiger partial charge is 0.213 e. The van der Waals surface area contributed by atoms with Gasteiger partial charge in [-0.25, -0.2) is 5.01 Å². The Morgan fingerprint density at radius 1 is 1.00 bits per heavy atom. The molecule has 0 aliphatic carbocycles. The van der Waals surface area contributed by atoms with Crippen LogP contribution in [-0.2, 0) is 0 Å². The number of hydrogen-bond acceptors (Lipinski definition) is 5. The maximum absolute atomic E-state index is 10.3. The highest BCUT2D eigenvalue weighted by atomic mass is 35.5. The summed E-state index contributed by atoms with van der Waals surface area (Å²) in [5.74, 6) is 1.16. The van der Waals surface area contributed by atoms with E-state index in [9.17, 15) is 10.2 Å². The van der Waals surface area contributed by atoms with Gasteiger partial charge in [0.05, 0.1) is 11.8 Å². The SMILES string of the molecule is Oc1ccc(C2Oc3ccccc3C3CC(c4cc(Cl)ccc4O)=NN32)cc1. The summed E-state index contributed by atoms with van der Waals surface area (Å²) in [5.41, 5.74) is 3.33. The predicted octanol–water partition coefficient (Wildman–Crippen LogP) is 4.99. The van der Waals surface area contributed by atoms with Gasteiger partial charge in [-0.1, -0.05) is 29.8 Å². The Morgan fingerprint density at radius 2 is 1.79 bits per heavy atom. The fraction of sp³-hybridized carbons (Fsp3) is 0.136. The minimum absolute atomic E-state index is 0.0165. The summed E-state index contributed by atoms with van der Waals surface area (Å²) in [6, 6.07) is 19.8. The molecule has 2 atom stereocenters. The highest BCUT2D eigenvalue weighted by molar-refractivity contribution is 6.31. The topological polar surface area (TPSA) is 65.3 Å². The number of para-hydroxylation sites is 1. The van der Waals surface area contributed by atoms with Crippen molar-refractivity contribution in [1.82, 2.24) is 5.01 Å². The van der Waals surface area contributed by atoms with Crippen molar-refractivity contribution >= 4 is 17.3 Å². The Hall–Kier alpha value is -3.18. The van der Waals surface area contributed by atoms with Gasteiger partial charge in [-0.2, -0.15) is 5.10 Å². The predicted molar refractivity (Wildman–Crippen MR) is 107 cm³/mol. The minimum atomic E-state index is -0.431. The van der Waals surface area contributed by atoms with Crippen LogP contribution in [0.3, 0.4) is 0 Å². The second-order valence-electron chi connectivity index (χ2n) is 6.91. The van der Waals surface area contributed by atoms with Gasteiger partial charge in [0.2, 0.25) is 6.23 Å². The van der Waals surface area contributed by atoms with Crippen LogP contribution in [0.15, 0.2) is 71.8 Å². The van der Waals surface area contributed by atoms with Crippen LogP contribution in [-0.4, -0.2) is 20.9 Å². The Kier molecular flexibility index (Phi) is 3.91. The first-order chi connectivity index (χ1) is 13.6. The molecule has 0 bridgehead atoms. The normalized spacial score (nSPS) is 20.2. The summed E-state index contributed by atoms with van der Waals surface area (Å²) in [7, 11) is 0. The number of hydrazone groups is 1. The number of halogens is 1. The molecule has 0 saturated heterocycles. The fourth-order valence-corrected chi connectivity index (χ4v) is 3.97. The van der Waals surface area contributed by atoms with E-state index in [1.165, 1.54) is 0 Å². The molecule has 140 valence electrons. The van der Waals surface area contributed by atoms with Gasteiger partial charge in [-0.15, -0.1) is 0 Å². The highest BCUT2D eigenvalue weighted by Crippen LogP contribution is 2.48. The molecule has 2 unspecified atom stereocenters. The van der Waals surface area contributed by atoms with E-state index < -0.39 is 6.23 Å². The maximum atomic E-state index is 10.3. The zero-order chi connectivity index (χ0) is 19.3. The highest BCUT2D eigenvalue weighted by Gasteiger charge is 2.41. The molecule has 0 aromatic heterocycles. The van der Waals surface area contributed by atoms with Gasteiger partial charge in [-0.05, 0) is 48.5 Å². The van der Waals surface area contributed by atoms with Crippen LogP contribution >= 0.6 is 11.6 Å². The molecule has 5 nitrogen and oxygen atoms in total. The van der Waals surface area contributed by atoms with Crippen LogP contribution in [0.25, 0.3) is 0 Å².